The number of alkyl carbamates (subject to hydrolysis) is 1. The third-order valence-electron chi connectivity index (χ3n) is 4.41. The van der Waals surface area contributed by atoms with Crippen LogP contribution < -0.4 is 16.0 Å². The molecule has 0 fully saturated rings. The number of carbonyl (C=O) groups is 1. The molecule has 0 aliphatic rings. The quantitative estimate of drug-likeness (QED) is 0.368. The number of nitrogens with zero attached hydrogens (tertiary/aromatic N) is 3. The number of aryl methyl sites for hydroxylation is 1. The number of guanidine groups is 1. The van der Waals surface area contributed by atoms with Gasteiger partial charge in [-0.15, -0.1) is 0 Å². The first kappa shape index (κ1) is 23.3. The summed E-state index contributed by atoms with van der Waals surface area (Å²) in [6.07, 6.45) is 0.357. The topological polar surface area (TPSA) is 92.6 Å². The lowest BCUT2D eigenvalue weighted by atomic mass is 10.2. The van der Waals surface area contributed by atoms with E-state index in [-0.39, 0.29) is 0 Å². The van der Waals surface area contributed by atoms with Crippen molar-refractivity contribution in [3.63, 3.8) is 0 Å². The molecule has 2 rings (SSSR count). The lowest BCUT2D eigenvalue weighted by Gasteiger charge is -2.19. The van der Waals surface area contributed by atoms with Gasteiger partial charge in [-0.1, -0.05) is 18.2 Å². The van der Waals surface area contributed by atoms with Gasteiger partial charge in [-0.2, -0.15) is 5.10 Å². The molecule has 1 aromatic carbocycles. The van der Waals surface area contributed by atoms with Crippen molar-refractivity contribution in [1.29, 1.82) is 0 Å². The monoisotopic (exact) mass is 414 g/mol. The van der Waals surface area contributed by atoms with Gasteiger partial charge in [-0.25, -0.2) is 9.48 Å². The van der Waals surface area contributed by atoms with E-state index in [2.05, 4.69) is 33.0 Å². The fourth-order valence-corrected chi connectivity index (χ4v) is 2.94. The molecule has 0 spiro atoms. The Hall–Kier alpha value is -3.03. The molecule has 164 valence electrons. The Morgan fingerprint density at radius 1 is 1.10 bits per heavy atom. The van der Waals surface area contributed by atoms with E-state index in [0.717, 1.165) is 29.1 Å². The van der Waals surface area contributed by atoms with Crippen molar-refractivity contribution < 1.29 is 9.53 Å². The Balaban J connectivity index is 1.80. The summed E-state index contributed by atoms with van der Waals surface area (Å²) in [5.41, 5.74) is 3.79. The standard InChI is InChI=1S/C22H34N6O2/c1-16-19(17(2)28(27-16)18-11-8-7-9-12-18)15-26-20(23-6)24-13-10-14-25-21(29)30-22(3,4)5/h7-9,11-12H,10,13-15H2,1-6H3,(H,25,29)(H2,23,24,26). The summed E-state index contributed by atoms with van der Waals surface area (Å²) in [6, 6.07) is 10.1. The number of carbonyl (C=O) groups excluding carboxylic acids is 1. The predicted molar refractivity (Wildman–Crippen MR) is 120 cm³/mol. The van der Waals surface area contributed by atoms with Gasteiger partial charge in [0.2, 0.25) is 0 Å². The van der Waals surface area contributed by atoms with Crippen molar-refractivity contribution in [3.8, 4) is 5.69 Å². The molecule has 0 bridgehead atoms. The van der Waals surface area contributed by atoms with E-state index in [0.29, 0.717) is 25.6 Å². The number of hydrogen-bond acceptors (Lipinski definition) is 4. The van der Waals surface area contributed by atoms with Crippen LogP contribution in [-0.4, -0.2) is 47.6 Å². The van der Waals surface area contributed by atoms with E-state index >= 15 is 0 Å². The predicted octanol–water partition coefficient (Wildman–Crippen LogP) is 3.07. The molecule has 0 aliphatic heterocycles. The number of para-hydroxylation sites is 1. The lowest BCUT2D eigenvalue weighted by Crippen LogP contribution is -2.39. The van der Waals surface area contributed by atoms with Crippen LogP contribution >= 0.6 is 0 Å². The maximum Gasteiger partial charge on any atom is 0.407 e. The average Bonchev–Trinajstić information content (AvgIpc) is 2.97. The number of aromatic nitrogens is 2. The van der Waals surface area contributed by atoms with Crippen LogP contribution in [0.2, 0.25) is 0 Å². The largest absolute Gasteiger partial charge is 0.444 e. The summed E-state index contributed by atoms with van der Waals surface area (Å²) < 4.78 is 7.18. The first-order chi connectivity index (χ1) is 14.2. The molecule has 1 aromatic heterocycles. The fourth-order valence-electron chi connectivity index (χ4n) is 2.94. The fraction of sp³-hybridized carbons (Fsp3) is 0.500. The van der Waals surface area contributed by atoms with Crippen molar-refractivity contribution in [2.24, 2.45) is 4.99 Å². The van der Waals surface area contributed by atoms with Gasteiger partial charge < -0.3 is 20.7 Å². The SMILES string of the molecule is CN=C(NCCCNC(=O)OC(C)(C)C)NCc1c(C)nn(-c2ccccc2)c1C. The minimum Gasteiger partial charge on any atom is -0.444 e. The second-order valence-electron chi connectivity index (χ2n) is 8.03. The summed E-state index contributed by atoms with van der Waals surface area (Å²) >= 11 is 0. The molecule has 2 aromatic rings. The zero-order chi connectivity index (χ0) is 22.1. The highest BCUT2D eigenvalue weighted by Crippen LogP contribution is 2.17. The highest BCUT2D eigenvalue weighted by Gasteiger charge is 2.15. The summed E-state index contributed by atoms with van der Waals surface area (Å²) in [6.45, 7) is 11.5. The number of amides is 1. The smallest absolute Gasteiger partial charge is 0.407 e. The Kier molecular flexibility index (Phi) is 8.26. The first-order valence-corrected chi connectivity index (χ1v) is 10.2. The lowest BCUT2D eigenvalue weighted by molar-refractivity contribution is 0.0527. The number of ether oxygens (including phenoxy) is 1. The number of nitrogens with one attached hydrogen (secondary N) is 3. The highest BCUT2D eigenvalue weighted by atomic mass is 16.6. The molecule has 0 saturated carbocycles. The van der Waals surface area contributed by atoms with Gasteiger partial charge in [0.25, 0.3) is 0 Å². The zero-order valence-electron chi connectivity index (χ0n) is 18.9. The zero-order valence-corrected chi connectivity index (χ0v) is 18.9. The van der Waals surface area contributed by atoms with Crippen LogP contribution in [0.1, 0.15) is 44.1 Å². The molecule has 30 heavy (non-hydrogen) atoms. The summed E-state index contributed by atoms with van der Waals surface area (Å²) in [4.78, 5) is 15.9. The van der Waals surface area contributed by atoms with Gasteiger partial charge in [-0.05, 0) is 53.2 Å². The van der Waals surface area contributed by atoms with Crippen molar-refractivity contribution >= 4 is 12.1 Å². The molecule has 8 heteroatoms. The second kappa shape index (κ2) is 10.7. The van der Waals surface area contributed by atoms with Crippen molar-refractivity contribution in [3.05, 3.63) is 47.3 Å². The number of benzene rings is 1. The molecule has 0 radical (unpaired) electrons. The molecule has 0 atom stereocenters. The van der Waals surface area contributed by atoms with E-state index in [9.17, 15) is 4.79 Å². The first-order valence-electron chi connectivity index (χ1n) is 10.2. The van der Waals surface area contributed by atoms with Crippen LogP contribution in [0.15, 0.2) is 35.3 Å². The molecule has 1 heterocycles. The van der Waals surface area contributed by atoms with Gasteiger partial charge in [0.15, 0.2) is 5.96 Å². The Morgan fingerprint density at radius 3 is 2.40 bits per heavy atom. The van der Waals surface area contributed by atoms with E-state index in [1.165, 1.54) is 0 Å². The maximum absolute atomic E-state index is 11.6. The molecule has 3 N–H and O–H groups in total. The van der Waals surface area contributed by atoms with E-state index < -0.39 is 11.7 Å². The van der Waals surface area contributed by atoms with E-state index in [1.807, 2.05) is 62.7 Å². The molecular formula is C22H34N6O2. The van der Waals surface area contributed by atoms with Crippen molar-refractivity contribution in [2.75, 3.05) is 20.1 Å². The van der Waals surface area contributed by atoms with E-state index in [4.69, 9.17) is 4.74 Å². The van der Waals surface area contributed by atoms with Crippen LogP contribution in [0.3, 0.4) is 0 Å². The van der Waals surface area contributed by atoms with Crippen LogP contribution in [0, 0.1) is 13.8 Å². The van der Waals surface area contributed by atoms with Gasteiger partial charge in [0.05, 0.1) is 11.4 Å². The van der Waals surface area contributed by atoms with E-state index in [1.54, 1.807) is 7.05 Å². The third-order valence-corrected chi connectivity index (χ3v) is 4.41. The van der Waals surface area contributed by atoms with Crippen molar-refractivity contribution in [2.45, 2.75) is 53.2 Å². The Morgan fingerprint density at radius 2 is 1.77 bits per heavy atom. The Bertz CT molecular complexity index is 853. The summed E-state index contributed by atoms with van der Waals surface area (Å²) in [5.74, 6) is 0.707. The molecule has 0 unspecified atom stereocenters. The average molecular weight is 415 g/mol. The maximum atomic E-state index is 11.6. The normalized spacial score (nSPS) is 11.9. The summed E-state index contributed by atoms with van der Waals surface area (Å²) in [7, 11) is 1.74. The van der Waals surface area contributed by atoms with Crippen LogP contribution in [0.25, 0.3) is 5.69 Å². The van der Waals surface area contributed by atoms with Gasteiger partial charge in [0, 0.05) is 37.9 Å². The summed E-state index contributed by atoms with van der Waals surface area (Å²) in [5, 5.41) is 14.0. The van der Waals surface area contributed by atoms with Crippen LogP contribution in [0.5, 0.6) is 0 Å². The third kappa shape index (κ3) is 7.09. The number of hydrogen-bond donors (Lipinski definition) is 3. The number of rotatable bonds is 7. The minimum atomic E-state index is -0.487. The molecule has 0 aliphatic carbocycles. The van der Waals surface area contributed by atoms with Gasteiger partial charge >= 0.3 is 6.09 Å². The van der Waals surface area contributed by atoms with Crippen LogP contribution in [-0.2, 0) is 11.3 Å². The van der Waals surface area contributed by atoms with Crippen LogP contribution in [0.4, 0.5) is 4.79 Å². The minimum absolute atomic E-state index is 0.397. The van der Waals surface area contributed by atoms with Crippen molar-refractivity contribution in [1.82, 2.24) is 25.7 Å². The molecule has 1 amide bonds. The van der Waals surface area contributed by atoms with Gasteiger partial charge in [-0.3, -0.25) is 4.99 Å². The molecular weight excluding hydrogens is 380 g/mol. The number of aliphatic imine (C=N–C) groups is 1. The van der Waals surface area contributed by atoms with Gasteiger partial charge in [0.1, 0.15) is 5.60 Å². The second-order valence-corrected chi connectivity index (χ2v) is 8.03. The highest BCUT2D eigenvalue weighted by molar-refractivity contribution is 5.79. The molecule has 8 nitrogen and oxygen atoms in total. The Labute approximate surface area is 179 Å². The molecule has 0 saturated heterocycles.